The lowest BCUT2D eigenvalue weighted by Crippen LogP contribution is -2.23. The number of nitrogens with one attached hydrogen (secondary N) is 1. The zero-order valence-electron chi connectivity index (χ0n) is 17.4. The smallest absolute Gasteiger partial charge is 0.420 e. The second-order valence-electron chi connectivity index (χ2n) is 7.40. The monoisotopic (exact) mass is 476 g/mol. The fraction of sp³-hybridized carbons (Fsp3) is 0.286. The molecule has 0 unspecified atom stereocenters. The van der Waals surface area contributed by atoms with E-state index in [4.69, 9.17) is 11.6 Å². The molecule has 4 rings (SSSR count). The highest BCUT2D eigenvalue weighted by atomic mass is 35.5. The number of alkyl halides is 3. The van der Waals surface area contributed by atoms with Crippen molar-refractivity contribution in [3.8, 4) is 17.0 Å². The zero-order valence-corrected chi connectivity index (χ0v) is 18.1. The molecule has 0 radical (unpaired) electrons. The largest absolute Gasteiger partial charge is 0.487 e. The Kier molecular flexibility index (Phi) is 6.34. The van der Waals surface area contributed by atoms with E-state index in [-0.39, 0.29) is 11.3 Å². The molecule has 33 heavy (non-hydrogen) atoms. The van der Waals surface area contributed by atoms with Crippen molar-refractivity contribution in [3.05, 3.63) is 54.1 Å². The molecular formula is C21H19ClF2N6O3. The summed E-state index contributed by atoms with van der Waals surface area (Å²) in [5.74, 6) is 0.436. The molecule has 0 saturated carbocycles. The number of rotatable bonds is 6. The van der Waals surface area contributed by atoms with Crippen molar-refractivity contribution in [1.82, 2.24) is 20.2 Å². The number of anilines is 2. The number of amides is 1. The first-order valence-corrected chi connectivity index (χ1v) is 10.3. The van der Waals surface area contributed by atoms with Crippen LogP contribution < -0.4 is 15.0 Å². The van der Waals surface area contributed by atoms with E-state index in [1.807, 2.05) is 4.90 Å². The summed E-state index contributed by atoms with van der Waals surface area (Å²) >= 11 is 4.75. The van der Waals surface area contributed by atoms with Crippen LogP contribution in [0.25, 0.3) is 11.3 Å². The molecule has 1 fully saturated rings. The predicted molar refractivity (Wildman–Crippen MR) is 116 cm³/mol. The summed E-state index contributed by atoms with van der Waals surface area (Å²) in [6.45, 7) is 2.73. The van der Waals surface area contributed by atoms with Crippen LogP contribution in [0.2, 0.25) is 0 Å². The van der Waals surface area contributed by atoms with Crippen LogP contribution in [0.4, 0.5) is 20.3 Å². The van der Waals surface area contributed by atoms with Crippen molar-refractivity contribution in [1.29, 1.82) is 0 Å². The molecule has 172 valence electrons. The zero-order chi connectivity index (χ0) is 23.6. The fourth-order valence-corrected chi connectivity index (χ4v) is 3.44. The van der Waals surface area contributed by atoms with Gasteiger partial charge in [0.15, 0.2) is 0 Å². The Morgan fingerprint density at radius 1 is 1.24 bits per heavy atom. The summed E-state index contributed by atoms with van der Waals surface area (Å²) in [6.07, 6.45) is 3.11. The maximum Gasteiger partial charge on any atom is 0.487 e. The number of β-amino-alcohol motifs (C(OH)–C–C–N with tert-alkyl or cyclic N) is 1. The molecule has 1 saturated heterocycles. The minimum Gasteiger partial charge on any atom is -0.420 e. The Morgan fingerprint density at radius 2 is 2.00 bits per heavy atom. The molecule has 0 spiro atoms. The molecule has 12 heteroatoms. The van der Waals surface area contributed by atoms with Crippen LogP contribution in [0.5, 0.6) is 5.75 Å². The van der Waals surface area contributed by atoms with E-state index < -0.39 is 17.6 Å². The number of aliphatic hydroxyl groups excluding tert-OH is 1. The second kappa shape index (κ2) is 9.20. The first-order chi connectivity index (χ1) is 15.7. The number of carbonyl (C=O) groups excluding carboxylic acids is 1. The molecule has 1 aliphatic rings. The van der Waals surface area contributed by atoms with E-state index in [2.05, 4.69) is 30.2 Å². The SMILES string of the molecule is Cc1ncc(-c2cc(C(=O)Nc3ccc(OC(F)(F)Cl)cc3)cnc2N2CC[C@@H](O)C2)nn1. The van der Waals surface area contributed by atoms with Gasteiger partial charge in [0, 0.05) is 42.1 Å². The number of benzene rings is 1. The highest BCUT2D eigenvalue weighted by molar-refractivity contribution is 6.20. The van der Waals surface area contributed by atoms with Gasteiger partial charge in [-0.3, -0.25) is 4.79 Å². The molecule has 0 bridgehead atoms. The number of hydrogen-bond donors (Lipinski definition) is 2. The second-order valence-corrected chi connectivity index (χ2v) is 7.84. The van der Waals surface area contributed by atoms with Gasteiger partial charge in [-0.25, -0.2) is 9.97 Å². The van der Waals surface area contributed by atoms with Gasteiger partial charge in [-0.15, -0.1) is 19.0 Å². The lowest BCUT2D eigenvalue weighted by Gasteiger charge is -2.20. The standard InChI is InChI=1S/C21H19ClF2N6O3/c1-12-25-10-18(29-28-12)17-8-13(9-26-19(17)30-7-6-15(31)11-30)20(32)27-14-2-4-16(5-3-14)33-21(22,23)24/h2-5,8-10,15,31H,6-7,11H2,1H3,(H,27,32)/t15-/m1/s1. The Morgan fingerprint density at radius 3 is 2.61 bits per heavy atom. The van der Waals surface area contributed by atoms with Gasteiger partial charge in [-0.1, -0.05) is 0 Å². The number of halogens is 3. The molecule has 9 nitrogen and oxygen atoms in total. The maximum absolute atomic E-state index is 12.8. The van der Waals surface area contributed by atoms with E-state index in [0.717, 1.165) is 0 Å². The van der Waals surface area contributed by atoms with E-state index in [0.29, 0.717) is 48.1 Å². The maximum atomic E-state index is 12.8. The third kappa shape index (κ3) is 5.68. The van der Waals surface area contributed by atoms with E-state index >= 15 is 0 Å². The summed E-state index contributed by atoms with van der Waals surface area (Å²) in [7, 11) is 0. The number of nitrogens with zero attached hydrogens (tertiary/aromatic N) is 5. The van der Waals surface area contributed by atoms with Crippen LogP contribution in [-0.4, -0.2) is 55.9 Å². The van der Waals surface area contributed by atoms with Gasteiger partial charge in [0.1, 0.15) is 23.1 Å². The van der Waals surface area contributed by atoms with Crippen LogP contribution in [-0.2, 0) is 0 Å². The lowest BCUT2D eigenvalue weighted by atomic mass is 10.1. The van der Waals surface area contributed by atoms with Gasteiger partial charge in [0.2, 0.25) is 0 Å². The number of hydrogen-bond acceptors (Lipinski definition) is 8. The third-order valence-corrected chi connectivity index (χ3v) is 4.97. The Hall–Kier alpha value is -3.44. The molecule has 1 amide bonds. The molecule has 2 aromatic heterocycles. The van der Waals surface area contributed by atoms with Crippen molar-refractivity contribution in [2.75, 3.05) is 23.3 Å². The summed E-state index contributed by atoms with van der Waals surface area (Å²) in [4.78, 5) is 23.4. The van der Waals surface area contributed by atoms with Gasteiger partial charge >= 0.3 is 5.57 Å². The van der Waals surface area contributed by atoms with Crippen molar-refractivity contribution < 1.29 is 23.4 Å². The molecule has 0 aliphatic carbocycles. The van der Waals surface area contributed by atoms with Gasteiger partial charge in [-0.05, 0) is 43.7 Å². The average molecular weight is 477 g/mol. The molecule has 3 aromatic rings. The fourth-order valence-electron chi connectivity index (χ4n) is 3.36. The Balaban J connectivity index is 1.59. The number of aliphatic hydroxyl groups is 1. The molecule has 1 aromatic carbocycles. The molecule has 2 N–H and O–H groups in total. The number of ether oxygens (including phenoxy) is 1. The van der Waals surface area contributed by atoms with Crippen molar-refractivity contribution in [2.45, 2.75) is 25.0 Å². The summed E-state index contributed by atoms with van der Waals surface area (Å²) in [6, 6.07) is 6.93. The minimum atomic E-state index is -3.83. The Bertz CT molecular complexity index is 1140. The van der Waals surface area contributed by atoms with Gasteiger partial charge in [0.05, 0.1) is 17.9 Å². The first kappa shape index (κ1) is 22.7. The van der Waals surface area contributed by atoms with Crippen molar-refractivity contribution in [2.24, 2.45) is 0 Å². The Labute approximate surface area is 192 Å². The minimum absolute atomic E-state index is 0.153. The number of carbonyl (C=O) groups is 1. The van der Waals surface area contributed by atoms with Crippen molar-refractivity contribution in [3.63, 3.8) is 0 Å². The highest BCUT2D eigenvalue weighted by Gasteiger charge is 2.28. The van der Waals surface area contributed by atoms with E-state index in [1.54, 1.807) is 19.2 Å². The predicted octanol–water partition coefficient (Wildman–Crippen LogP) is 3.23. The average Bonchev–Trinajstić information content (AvgIpc) is 3.20. The van der Waals surface area contributed by atoms with Crippen molar-refractivity contribution >= 4 is 29.0 Å². The summed E-state index contributed by atoms with van der Waals surface area (Å²) in [5.41, 5.74) is -2.25. The topological polar surface area (TPSA) is 113 Å². The molecule has 1 aliphatic heterocycles. The summed E-state index contributed by atoms with van der Waals surface area (Å²) < 4.78 is 29.7. The van der Waals surface area contributed by atoms with Gasteiger partial charge in [0.25, 0.3) is 5.91 Å². The quantitative estimate of drug-likeness (QED) is 0.521. The highest BCUT2D eigenvalue weighted by Crippen LogP contribution is 2.31. The molecular weight excluding hydrogens is 458 g/mol. The lowest BCUT2D eigenvalue weighted by molar-refractivity contribution is -0.0964. The molecule has 3 heterocycles. The number of aryl methyl sites for hydroxylation is 1. The van der Waals surface area contributed by atoms with Crippen LogP contribution in [0, 0.1) is 6.92 Å². The van der Waals surface area contributed by atoms with E-state index in [9.17, 15) is 18.7 Å². The number of pyridine rings is 1. The third-order valence-electron chi connectivity index (χ3n) is 4.89. The van der Waals surface area contributed by atoms with Crippen LogP contribution in [0.1, 0.15) is 22.6 Å². The summed E-state index contributed by atoms with van der Waals surface area (Å²) in [5, 5.41) is 20.7. The van der Waals surface area contributed by atoms with Crippen LogP contribution in [0.15, 0.2) is 42.7 Å². The normalized spacial score (nSPS) is 16.0. The first-order valence-electron chi connectivity index (χ1n) is 9.95. The van der Waals surface area contributed by atoms with Crippen LogP contribution in [0.3, 0.4) is 0 Å². The van der Waals surface area contributed by atoms with E-state index in [1.165, 1.54) is 30.5 Å². The van der Waals surface area contributed by atoms with Gasteiger partial charge in [-0.2, -0.15) is 0 Å². The molecule has 1 atom stereocenters. The van der Waals surface area contributed by atoms with Gasteiger partial charge < -0.3 is 20.1 Å². The van der Waals surface area contributed by atoms with Crippen LogP contribution >= 0.6 is 11.6 Å². The number of aromatic nitrogens is 4.